The molecule has 9 nitrogen and oxygen atoms in total. The molecule has 0 spiro atoms. The Bertz CT molecular complexity index is 3510. The van der Waals surface area contributed by atoms with E-state index in [1.807, 2.05) is 24.3 Å². The maximum Gasteiger partial charge on any atom is 0.135 e. The van der Waals surface area contributed by atoms with E-state index in [2.05, 4.69) is 167 Å². The predicted molar refractivity (Wildman–Crippen MR) is 314 cm³/mol. The van der Waals surface area contributed by atoms with Gasteiger partial charge in [0.1, 0.15) is 23.0 Å². The minimum absolute atomic E-state index is 0.0199. The lowest BCUT2D eigenvalue weighted by atomic mass is 9.65. The second-order valence-electron chi connectivity index (χ2n) is 22.5. The van der Waals surface area contributed by atoms with Crippen LogP contribution in [0.1, 0.15) is 46.9 Å². The van der Waals surface area contributed by atoms with E-state index in [-0.39, 0.29) is 23.9 Å². The van der Waals surface area contributed by atoms with E-state index in [0.29, 0.717) is 36.8 Å². The highest BCUT2D eigenvalue weighted by molar-refractivity contribution is 6.13. The van der Waals surface area contributed by atoms with Gasteiger partial charge < -0.3 is 35.1 Å². The third-order valence-electron chi connectivity index (χ3n) is 18.9. The number of methoxy groups -OCH3 is 2. The topological polar surface area (TPSA) is 98.7 Å². The second-order valence-corrected chi connectivity index (χ2v) is 22.5. The van der Waals surface area contributed by atoms with Crippen LogP contribution in [0.3, 0.4) is 0 Å². The highest BCUT2D eigenvalue weighted by Crippen LogP contribution is 2.53. The maximum absolute atomic E-state index is 12.4. The third-order valence-corrected chi connectivity index (χ3v) is 18.9. The lowest BCUT2D eigenvalue weighted by Gasteiger charge is -2.55. The Balaban J connectivity index is 0.817. The molecule has 4 N–H and O–H groups in total. The molecule has 0 saturated carbocycles. The van der Waals surface area contributed by atoms with Crippen molar-refractivity contribution in [2.45, 2.75) is 49.0 Å². The van der Waals surface area contributed by atoms with Gasteiger partial charge in [-0.05, 0) is 140 Å². The zero-order valence-corrected chi connectivity index (χ0v) is 43.9. The molecule has 4 unspecified atom stereocenters. The van der Waals surface area contributed by atoms with Crippen LogP contribution in [-0.4, -0.2) is 97.8 Å². The Hall–Kier alpha value is -7.40. The van der Waals surface area contributed by atoms with Crippen LogP contribution in [0, 0.1) is 23.7 Å². The average molecular weight is 1020 g/mol. The number of rotatable bonds is 12. The molecule has 0 aliphatic carbocycles. The molecule has 8 aromatic carbocycles. The summed E-state index contributed by atoms with van der Waals surface area (Å²) >= 11 is 0. The molecule has 6 saturated heterocycles. The summed E-state index contributed by atoms with van der Waals surface area (Å²) < 4.78 is 18.7. The van der Waals surface area contributed by atoms with Gasteiger partial charge in [-0.2, -0.15) is 0 Å². The molecule has 77 heavy (non-hydrogen) atoms. The molecule has 8 heterocycles. The van der Waals surface area contributed by atoms with Crippen molar-refractivity contribution in [1.82, 2.24) is 9.80 Å². The second kappa shape index (κ2) is 19.3. The molecule has 6 fully saturated rings. The van der Waals surface area contributed by atoms with Gasteiger partial charge >= 0.3 is 0 Å². The van der Waals surface area contributed by atoms with E-state index < -0.39 is 12.2 Å². The van der Waals surface area contributed by atoms with Crippen molar-refractivity contribution in [3.05, 3.63) is 193 Å². The first-order chi connectivity index (χ1) is 37.8. The van der Waals surface area contributed by atoms with Crippen molar-refractivity contribution < 1.29 is 24.4 Å². The molecule has 8 aromatic rings. The van der Waals surface area contributed by atoms with Gasteiger partial charge in [0.2, 0.25) is 0 Å². The predicted octanol–water partition coefficient (Wildman–Crippen LogP) is 13.0. The number of aliphatic hydroxyl groups is 2. The summed E-state index contributed by atoms with van der Waals surface area (Å²) in [5.74, 6) is 4.86. The summed E-state index contributed by atoms with van der Waals surface area (Å²) in [4.78, 5) is 5.08. The molecular formula is C68H66N4O5. The van der Waals surface area contributed by atoms with E-state index in [9.17, 15) is 10.2 Å². The number of aliphatic hydroxyl groups excluding tert-OH is 2. The molecule has 8 aliphatic heterocycles. The Morgan fingerprint density at radius 3 is 1.34 bits per heavy atom. The summed E-state index contributed by atoms with van der Waals surface area (Å²) in [7, 11) is 3.39. The van der Waals surface area contributed by atoms with Gasteiger partial charge in [-0.1, -0.05) is 109 Å². The number of anilines is 2. The van der Waals surface area contributed by atoms with E-state index in [4.69, 9.17) is 14.2 Å². The fraction of sp³-hybridized carbons (Fsp3) is 0.294. The van der Waals surface area contributed by atoms with Crippen LogP contribution in [-0.2, 0) is 0 Å². The molecule has 388 valence electrons. The van der Waals surface area contributed by atoms with Gasteiger partial charge in [-0.25, -0.2) is 0 Å². The highest BCUT2D eigenvalue weighted by atomic mass is 16.5. The zero-order chi connectivity index (χ0) is 52.1. The normalized spacial score (nSPS) is 26.9. The van der Waals surface area contributed by atoms with Gasteiger partial charge in [0, 0.05) is 96.5 Å². The number of piperidine rings is 6. The van der Waals surface area contributed by atoms with Crippen LogP contribution in [0.15, 0.2) is 171 Å². The summed E-state index contributed by atoms with van der Waals surface area (Å²) in [5, 5.41) is 41.0. The summed E-state index contributed by atoms with van der Waals surface area (Å²) in [6.07, 6.45) is 9.05. The number of hydrogen-bond acceptors (Lipinski definition) is 9. The molecule has 12 atom stereocenters. The largest absolute Gasteiger partial charge is 0.497 e. The zero-order valence-electron chi connectivity index (χ0n) is 43.9. The van der Waals surface area contributed by atoms with Gasteiger partial charge in [0.15, 0.2) is 0 Å². The molecule has 0 amide bonds. The number of nitrogens with one attached hydrogen (secondary N) is 2. The molecule has 8 aliphatic rings. The first kappa shape index (κ1) is 48.0. The van der Waals surface area contributed by atoms with Crippen LogP contribution in [0.4, 0.5) is 11.4 Å². The smallest absolute Gasteiger partial charge is 0.135 e. The number of fused-ring (bicyclic) bond motifs is 14. The van der Waals surface area contributed by atoms with Crippen molar-refractivity contribution >= 4 is 65.6 Å². The van der Waals surface area contributed by atoms with Crippen LogP contribution in [0.25, 0.3) is 54.2 Å². The summed E-state index contributed by atoms with van der Waals surface area (Å²) in [5.41, 5.74) is 8.66. The highest BCUT2D eigenvalue weighted by Gasteiger charge is 2.50. The standard InChI is InChI=1S/C68H66N4O5/c1-5-39-35-71-37-59(53(39)31-63(71)67(73)51-25-27-69-61-23-21-41(75-3)29-57(51)61)47-19-11-17-45-43-13-7-9-15-49(43)65(33-55(45)47)77-66-34-56-46(44-14-8-10-16-50(44)66)18-12-20-48(56)60-38-72-36-40(6-2)54(60)32-64(72)68(74)52-26-28-70-62-24-22-42(76-4)30-58(52)62/h5-26,29-30,33-34,39-40,53-54,59-60,63-64,67-70,73-74H,1-2,27-28,31-32,35-38H2,3-4H3/t39-,40-,53-,54-,59?,60?,63+,64+,67-,68-/m0/s1. The summed E-state index contributed by atoms with van der Waals surface area (Å²) in [6.45, 7) is 13.6. The molecular weight excluding hydrogens is 953 g/mol. The number of hydrogen-bond donors (Lipinski definition) is 4. The van der Waals surface area contributed by atoms with E-state index >= 15 is 0 Å². The quantitative estimate of drug-likeness (QED) is 0.0704. The van der Waals surface area contributed by atoms with Crippen molar-refractivity contribution in [2.24, 2.45) is 23.7 Å². The molecule has 16 rings (SSSR count). The SMILES string of the molecule is C=C[C@H]1CN2CC(c3cccc4c3cc(Oc3cc5c(C6CN7C[C@H](C=C)[C@@H]6C[C@@H]7[C@@H](O)C6=CCNc7ccc(OC)cc76)cccc5c5ccccc35)c3ccccc34)[C@H]1C[C@@H]2[C@@H](O)C1=CCNc2ccc(OC)cc21. The van der Waals surface area contributed by atoms with Crippen LogP contribution in [0.5, 0.6) is 23.0 Å². The minimum Gasteiger partial charge on any atom is -0.497 e. The fourth-order valence-electron chi connectivity index (χ4n) is 15.2. The average Bonchev–Trinajstić information content (AvgIpc) is 3.50. The van der Waals surface area contributed by atoms with E-state index in [1.165, 1.54) is 32.7 Å². The fourth-order valence-corrected chi connectivity index (χ4v) is 15.2. The van der Waals surface area contributed by atoms with Crippen LogP contribution in [0.2, 0.25) is 0 Å². The van der Waals surface area contributed by atoms with Crippen molar-refractivity contribution in [3.63, 3.8) is 0 Å². The van der Waals surface area contributed by atoms with E-state index in [1.54, 1.807) is 14.2 Å². The lowest BCUT2D eigenvalue weighted by Crippen LogP contribution is -2.60. The Kier molecular flexibility index (Phi) is 12.0. The van der Waals surface area contributed by atoms with Gasteiger partial charge in [-0.3, -0.25) is 9.80 Å². The van der Waals surface area contributed by atoms with Gasteiger partial charge in [0.05, 0.1) is 26.4 Å². The number of nitrogens with zero attached hydrogens (tertiary/aromatic N) is 2. The molecule has 9 heteroatoms. The van der Waals surface area contributed by atoms with Gasteiger partial charge in [0.25, 0.3) is 0 Å². The first-order valence-electron chi connectivity index (χ1n) is 27.7. The maximum atomic E-state index is 12.4. The van der Waals surface area contributed by atoms with Crippen LogP contribution >= 0.6 is 0 Å². The lowest BCUT2D eigenvalue weighted by molar-refractivity contribution is -0.0386. The molecule has 0 radical (unpaired) electrons. The van der Waals surface area contributed by atoms with Crippen molar-refractivity contribution in [2.75, 3.05) is 64.1 Å². The van der Waals surface area contributed by atoms with Gasteiger partial charge in [-0.15, -0.1) is 13.2 Å². The molecule has 0 aromatic heterocycles. The van der Waals surface area contributed by atoms with Crippen LogP contribution < -0.4 is 24.8 Å². The third kappa shape index (κ3) is 7.87. The Labute approximate surface area is 450 Å². The summed E-state index contributed by atoms with van der Waals surface area (Å²) in [6, 6.07) is 47.8. The van der Waals surface area contributed by atoms with E-state index in [0.717, 1.165) is 117 Å². The minimum atomic E-state index is -0.642. The Morgan fingerprint density at radius 1 is 0.506 bits per heavy atom. The monoisotopic (exact) mass is 1020 g/mol. The molecule has 4 bridgehead atoms. The number of ether oxygens (including phenoxy) is 3. The van der Waals surface area contributed by atoms with Crippen molar-refractivity contribution in [1.29, 1.82) is 0 Å². The first-order valence-corrected chi connectivity index (χ1v) is 27.7. The number of benzene rings is 8. The Morgan fingerprint density at radius 2 is 0.922 bits per heavy atom. The van der Waals surface area contributed by atoms with Crippen molar-refractivity contribution in [3.8, 4) is 23.0 Å².